The van der Waals surface area contributed by atoms with Crippen molar-refractivity contribution in [3.8, 4) is 0 Å². The van der Waals surface area contributed by atoms with Crippen molar-refractivity contribution in [2.45, 2.75) is 13.8 Å². The molecule has 0 saturated carbocycles. The Morgan fingerprint density at radius 1 is 1.12 bits per heavy atom. The van der Waals surface area contributed by atoms with Gasteiger partial charge in [0.25, 0.3) is 0 Å². The number of guanidine groups is 1. The summed E-state index contributed by atoms with van der Waals surface area (Å²) in [7, 11) is 1.84. The number of nitrogens with one attached hydrogen (secondary N) is 1. The van der Waals surface area contributed by atoms with Crippen LogP contribution in [-0.4, -0.2) is 29.4 Å². The number of fused-ring (bicyclic) bond motifs is 1. The second-order valence-corrected chi connectivity index (χ2v) is 6.04. The molecule has 0 aliphatic carbocycles. The minimum absolute atomic E-state index is 0.547. The first-order valence-electron chi connectivity index (χ1n) is 7.58. The van der Waals surface area contributed by atoms with E-state index in [0.717, 1.165) is 28.2 Å². The van der Waals surface area contributed by atoms with E-state index in [4.69, 9.17) is 16.7 Å². The molecule has 0 amide bonds. The number of aliphatic imine (C=N–C) groups is 1. The molecule has 0 atom stereocenters. The summed E-state index contributed by atoms with van der Waals surface area (Å²) in [6.45, 7) is 3.83. The topological polar surface area (TPSA) is 52.4 Å². The number of rotatable bonds is 2. The Kier molecular flexibility index (Phi) is 4.62. The summed E-state index contributed by atoms with van der Waals surface area (Å²) in [5, 5.41) is 11.3. The summed E-state index contributed by atoms with van der Waals surface area (Å²) in [6.07, 6.45) is 0. The van der Waals surface area contributed by atoms with Crippen molar-refractivity contribution in [1.82, 2.24) is 10.4 Å². The molecule has 5 nitrogen and oxygen atoms in total. The lowest BCUT2D eigenvalue weighted by Crippen LogP contribution is -2.33. The predicted molar refractivity (Wildman–Crippen MR) is 100 cm³/mol. The van der Waals surface area contributed by atoms with E-state index in [0.29, 0.717) is 11.0 Å². The molecule has 3 rings (SSSR count). The van der Waals surface area contributed by atoms with E-state index >= 15 is 0 Å². The van der Waals surface area contributed by atoms with Crippen molar-refractivity contribution >= 4 is 34.7 Å². The van der Waals surface area contributed by atoms with Crippen molar-refractivity contribution in [2.75, 3.05) is 7.05 Å². The highest BCUT2D eigenvalue weighted by Gasteiger charge is 2.19. The summed E-state index contributed by atoms with van der Waals surface area (Å²) in [5.74, 6) is 0.547. The number of hydrogen-bond donors (Lipinski definition) is 1. The minimum Gasteiger partial charge on any atom is -0.246 e. The summed E-state index contributed by atoms with van der Waals surface area (Å²) in [5.41, 5.74) is 7.35. The lowest BCUT2D eigenvalue weighted by Gasteiger charge is -2.14. The lowest BCUT2D eigenvalue weighted by atomic mass is 10.0. The van der Waals surface area contributed by atoms with E-state index in [2.05, 4.69) is 15.5 Å². The number of hydrogen-bond acceptors (Lipinski definition) is 5. The maximum atomic E-state index is 6.20. The smallest absolute Gasteiger partial charge is 0.240 e. The lowest BCUT2D eigenvalue weighted by molar-refractivity contribution is 0.522. The molecule has 0 aromatic heterocycles. The van der Waals surface area contributed by atoms with Gasteiger partial charge in [-0.05, 0) is 32.0 Å². The van der Waals surface area contributed by atoms with Crippen LogP contribution < -0.4 is 5.43 Å². The maximum Gasteiger partial charge on any atom is 0.240 e. The Balaban J connectivity index is 2.15. The highest BCUT2D eigenvalue weighted by atomic mass is 35.5. The fourth-order valence-corrected chi connectivity index (χ4v) is 2.47. The van der Waals surface area contributed by atoms with Crippen LogP contribution in [0.25, 0.3) is 0 Å². The molecule has 0 spiro atoms. The molecule has 1 N–H and O–H groups in total. The van der Waals surface area contributed by atoms with E-state index in [1.165, 1.54) is 0 Å². The molecular weight excluding hydrogens is 322 g/mol. The van der Waals surface area contributed by atoms with Crippen molar-refractivity contribution in [1.29, 1.82) is 0 Å². The molecule has 0 saturated heterocycles. The molecular formula is C18H18ClN5. The van der Waals surface area contributed by atoms with Gasteiger partial charge in [-0.3, -0.25) is 0 Å². The predicted octanol–water partition coefficient (Wildman–Crippen LogP) is 4.01. The third-order valence-electron chi connectivity index (χ3n) is 3.42. The standard InChI is InChI=1S/C18H18ClN5/c1-12(2)21-22-18-20-16-10-9-14(19)11-15(16)17(23-24(18)3)13-7-5-4-6-8-13/h4-11H,1-3H3,(H,20,22). The van der Waals surface area contributed by atoms with Gasteiger partial charge in [0.05, 0.1) is 5.69 Å². The number of nitrogens with zero attached hydrogens (tertiary/aromatic N) is 4. The van der Waals surface area contributed by atoms with Crippen LogP contribution in [0.5, 0.6) is 0 Å². The van der Waals surface area contributed by atoms with Gasteiger partial charge in [-0.15, -0.1) is 0 Å². The van der Waals surface area contributed by atoms with Gasteiger partial charge in [0, 0.05) is 28.9 Å². The van der Waals surface area contributed by atoms with Crippen LogP contribution in [0.4, 0.5) is 5.69 Å². The second kappa shape index (κ2) is 6.84. The molecule has 122 valence electrons. The van der Waals surface area contributed by atoms with Crippen LogP contribution >= 0.6 is 11.6 Å². The molecule has 0 fully saturated rings. The van der Waals surface area contributed by atoms with E-state index in [1.54, 1.807) is 5.01 Å². The molecule has 24 heavy (non-hydrogen) atoms. The summed E-state index contributed by atoms with van der Waals surface area (Å²) in [4.78, 5) is 4.66. The van der Waals surface area contributed by atoms with Crippen molar-refractivity contribution in [2.24, 2.45) is 15.2 Å². The zero-order valence-corrected chi connectivity index (χ0v) is 14.5. The van der Waals surface area contributed by atoms with E-state index in [1.807, 2.05) is 69.4 Å². The van der Waals surface area contributed by atoms with Crippen LogP contribution in [0.3, 0.4) is 0 Å². The Bertz CT molecular complexity index is 836. The second-order valence-electron chi connectivity index (χ2n) is 5.61. The van der Waals surface area contributed by atoms with Crippen LogP contribution in [0.1, 0.15) is 25.0 Å². The number of halogens is 1. The molecule has 6 heteroatoms. The molecule has 2 aromatic rings. The molecule has 0 unspecified atom stereocenters. The molecule has 2 aromatic carbocycles. The quantitative estimate of drug-likeness (QED) is 0.664. The first kappa shape index (κ1) is 16.2. The number of hydrazone groups is 2. The minimum atomic E-state index is 0.547. The Labute approximate surface area is 146 Å². The third-order valence-corrected chi connectivity index (χ3v) is 3.66. The van der Waals surface area contributed by atoms with Crippen LogP contribution in [0, 0.1) is 0 Å². The highest BCUT2D eigenvalue weighted by molar-refractivity contribution is 6.31. The van der Waals surface area contributed by atoms with Gasteiger partial charge in [0.1, 0.15) is 5.71 Å². The zero-order valence-electron chi connectivity index (χ0n) is 13.8. The summed E-state index contributed by atoms with van der Waals surface area (Å²) < 4.78 is 0. The first-order valence-corrected chi connectivity index (χ1v) is 7.95. The highest BCUT2D eigenvalue weighted by Crippen LogP contribution is 2.28. The van der Waals surface area contributed by atoms with Crippen LogP contribution in [-0.2, 0) is 0 Å². The van der Waals surface area contributed by atoms with E-state index in [-0.39, 0.29) is 0 Å². The fourth-order valence-electron chi connectivity index (χ4n) is 2.30. The first-order chi connectivity index (χ1) is 11.5. The van der Waals surface area contributed by atoms with Crippen molar-refractivity contribution in [3.63, 3.8) is 0 Å². The molecule has 1 aliphatic heterocycles. The van der Waals surface area contributed by atoms with Crippen molar-refractivity contribution in [3.05, 3.63) is 64.7 Å². The fraction of sp³-hybridized carbons (Fsp3) is 0.167. The van der Waals surface area contributed by atoms with Gasteiger partial charge >= 0.3 is 0 Å². The average molecular weight is 340 g/mol. The average Bonchev–Trinajstić information content (AvgIpc) is 2.70. The van der Waals surface area contributed by atoms with Gasteiger partial charge in [0.2, 0.25) is 5.96 Å². The summed E-state index contributed by atoms with van der Waals surface area (Å²) >= 11 is 6.20. The Hall–Kier alpha value is -2.66. The van der Waals surface area contributed by atoms with Gasteiger partial charge in [-0.2, -0.15) is 10.2 Å². The monoisotopic (exact) mass is 339 g/mol. The summed E-state index contributed by atoms with van der Waals surface area (Å²) in [6, 6.07) is 15.6. The van der Waals surface area contributed by atoms with E-state index < -0.39 is 0 Å². The Morgan fingerprint density at radius 2 is 1.88 bits per heavy atom. The molecule has 0 bridgehead atoms. The van der Waals surface area contributed by atoms with Crippen LogP contribution in [0.15, 0.2) is 63.7 Å². The van der Waals surface area contributed by atoms with Crippen molar-refractivity contribution < 1.29 is 0 Å². The third kappa shape index (κ3) is 3.46. The van der Waals surface area contributed by atoms with Gasteiger partial charge in [0.15, 0.2) is 0 Å². The maximum absolute atomic E-state index is 6.20. The Morgan fingerprint density at radius 3 is 2.58 bits per heavy atom. The molecule has 1 heterocycles. The zero-order chi connectivity index (χ0) is 17.1. The van der Waals surface area contributed by atoms with E-state index in [9.17, 15) is 0 Å². The van der Waals surface area contributed by atoms with Crippen LogP contribution in [0.2, 0.25) is 5.02 Å². The largest absolute Gasteiger partial charge is 0.246 e. The molecule has 0 radical (unpaired) electrons. The van der Waals surface area contributed by atoms with Gasteiger partial charge in [-0.1, -0.05) is 41.9 Å². The normalized spacial score (nSPS) is 13.4. The SMILES string of the molecule is CC(C)=NNC1=Nc2ccc(Cl)cc2C(c2ccccc2)=NN1C. The van der Waals surface area contributed by atoms with Gasteiger partial charge < -0.3 is 0 Å². The number of benzene rings is 2. The van der Waals surface area contributed by atoms with Gasteiger partial charge in [-0.25, -0.2) is 15.4 Å². The molecule has 1 aliphatic rings.